The van der Waals surface area contributed by atoms with Crippen LogP contribution in [0, 0.1) is 5.82 Å². The molecule has 1 N–H and O–H groups in total. The van der Waals surface area contributed by atoms with Gasteiger partial charge in [0.2, 0.25) is 0 Å². The van der Waals surface area contributed by atoms with Crippen molar-refractivity contribution in [1.82, 2.24) is 5.32 Å². The normalized spacial score (nSPS) is 10.3. The van der Waals surface area contributed by atoms with Crippen LogP contribution < -0.4 is 5.32 Å². The van der Waals surface area contributed by atoms with Crippen molar-refractivity contribution in [3.05, 3.63) is 58.0 Å². The Morgan fingerprint density at radius 3 is 2.57 bits per heavy atom. The molecule has 1 amide bonds. The highest BCUT2D eigenvalue weighted by Crippen LogP contribution is 2.08. The molecule has 1 aromatic heterocycles. The number of halogens is 1. The van der Waals surface area contributed by atoms with Gasteiger partial charge in [-0.2, -0.15) is 11.3 Å². The zero-order valence-corrected chi connectivity index (χ0v) is 13.4. The van der Waals surface area contributed by atoms with Gasteiger partial charge in [-0.05, 0) is 52.9 Å². The number of ether oxygens (including phenoxy) is 1. The van der Waals surface area contributed by atoms with Gasteiger partial charge in [0.1, 0.15) is 5.82 Å². The number of aryl methyl sites for hydroxylation is 1. The summed E-state index contributed by atoms with van der Waals surface area (Å²) in [5, 5.41) is 6.60. The van der Waals surface area contributed by atoms with Gasteiger partial charge in [0.05, 0.1) is 0 Å². The Kier molecular flexibility index (Phi) is 6.75. The van der Waals surface area contributed by atoms with Crippen LogP contribution in [0.15, 0.2) is 41.1 Å². The van der Waals surface area contributed by atoms with Gasteiger partial charge in [-0.3, -0.25) is 9.59 Å². The third kappa shape index (κ3) is 6.61. The van der Waals surface area contributed by atoms with Crippen molar-refractivity contribution in [3.63, 3.8) is 0 Å². The topological polar surface area (TPSA) is 55.4 Å². The van der Waals surface area contributed by atoms with Gasteiger partial charge in [0, 0.05) is 13.0 Å². The second-order valence-corrected chi connectivity index (χ2v) is 5.80. The summed E-state index contributed by atoms with van der Waals surface area (Å²) < 4.78 is 17.7. The molecular formula is C17H18FNO3S. The summed E-state index contributed by atoms with van der Waals surface area (Å²) in [4.78, 5) is 23.1. The number of hydrogen-bond acceptors (Lipinski definition) is 4. The molecule has 0 unspecified atom stereocenters. The lowest BCUT2D eigenvalue weighted by Gasteiger charge is -2.06. The van der Waals surface area contributed by atoms with Crippen LogP contribution in [0.4, 0.5) is 4.39 Å². The van der Waals surface area contributed by atoms with Crippen LogP contribution in [0.3, 0.4) is 0 Å². The van der Waals surface area contributed by atoms with E-state index >= 15 is 0 Å². The standard InChI is InChI=1S/C17H18FNO3S/c18-15-4-1-13(2-5-15)7-9-19-16(20)11-22-17(21)6-3-14-8-10-23-12-14/h1-2,4-5,8,10,12H,3,6-7,9,11H2,(H,19,20). The quantitative estimate of drug-likeness (QED) is 0.755. The zero-order valence-electron chi connectivity index (χ0n) is 12.6. The first kappa shape index (κ1) is 17.1. The van der Waals surface area contributed by atoms with Crippen molar-refractivity contribution in [3.8, 4) is 0 Å². The fourth-order valence-electron chi connectivity index (χ4n) is 1.95. The molecule has 23 heavy (non-hydrogen) atoms. The van der Waals surface area contributed by atoms with E-state index in [0.717, 1.165) is 11.1 Å². The minimum Gasteiger partial charge on any atom is -0.456 e. The molecule has 1 aromatic carbocycles. The van der Waals surface area contributed by atoms with Crippen molar-refractivity contribution in [1.29, 1.82) is 0 Å². The van der Waals surface area contributed by atoms with Crippen molar-refractivity contribution in [2.24, 2.45) is 0 Å². The maximum Gasteiger partial charge on any atom is 0.306 e. The van der Waals surface area contributed by atoms with E-state index in [4.69, 9.17) is 4.74 Å². The van der Waals surface area contributed by atoms with Crippen LogP contribution >= 0.6 is 11.3 Å². The van der Waals surface area contributed by atoms with E-state index in [9.17, 15) is 14.0 Å². The van der Waals surface area contributed by atoms with Crippen molar-refractivity contribution in [2.75, 3.05) is 13.2 Å². The highest BCUT2D eigenvalue weighted by molar-refractivity contribution is 7.07. The molecule has 0 spiro atoms. The number of esters is 1. The van der Waals surface area contributed by atoms with E-state index in [-0.39, 0.29) is 30.7 Å². The van der Waals surface area contributed by atoms with Crippen molar-refractivity contribution in [2.45, 2.75) is 19.3 Å². The molecule has 122 valence electrons. The largest absolute Gasteiger partial charge is 0.456 e. The van der Waals surface area contributed by atoms with Gasteiger partial charge >= 0.3 is 5.97 Å². The van der Waals surface area contributed by atoms with Gasteiger partial charge in [0.15, 0.2) is 6.61 Å². The number of rotatable bonds is 8. The van der Waals surface area contributed by atoms with E-state index in [1.807, 2.05) is 16.8 Å². The molecule has 0 saturated heterocycles. The van der Waals surface area contributed by atoms with E-state index in [0.29, 0.717) is 19.4 Å². The Morgan fingerprint density at radius 2 is 1.87 bits per heavy atom. The molecule has 0 bridgehead atoms. The number of carbonyl (C=O) groups is 2. The Morgan fingerprint density at radius 1 is 1.09 bits per heavy atom. The molecule has 0 saturated carbocycles. The number of benzene rings is 1. The van der Waals surface area contributed by atoms with Gasteiger partial charge in [-0.1, -0.05) is 12.1 Å². The maximum absolute atomic E-state index is 12.7. The molecule has 0 atom stereocenters. The lowest BCUT2D eigenvalue weighted by Crippen LogP contribution is -2.30. The van der Waals surface area contributed by atoms with Crippen molar-refractivity contribution < 1.29 is 18.7 Å². The van der Waals surface area contributed by atoms with E-state index in [1.54, 1.807) is 23.5 Å². The van der Waals surface area contributed by atoms with Crippen LogP contribution in [0.25, 0.3) is 0 Å². The summed E-state index contributed by atoms with van der Waals surface area (Å²) >= 11 is 1.58. The summed E-state index contributed by atoms with van der Waals surface area (Å²) in [6.07, 6.45) is 1.48. The average molecular weight is 335 g/mol. The number of nitrogens with one attached hydrogen (secondary N) is 1. The molecule has 0 fully saturated rings. The van der Waals surface area contributed by atoms with Gasteiger partial charge in [0.25, 0.3) is 5.91 Å². The number of carbonyl (C=O) groups excluding carboxylic acids is 2. The number of hydrogen-bond donors (Lipinski definition) is 1. The van der Waals surface area contributed by atoms with Gasteiger partial charge in [-0.25, -0.2) is 4.39 Å². The second-order valence-electron chi connectivity index (χ2n) is 5.02. The first-order chi connectivity index (χ1) is 11.1. The van der Waals surface area contributed by atoms with Crippen LogP contribution in [-0.4, -0.2) is 25.0 Å². The molecule has 0 aliphatic carbocycles. The molecule has 4 nitrogen and oxygen atoms in total. The Hall–Kier alpha value is -2.21. The van der Waals surface area contributed by atoms with Gasteiger partial charge < -0.3 is 10.1 Å². The minimum absolute atomic E-state index is 0.263. The van der Waals surface area contributed by atoms with Crippen LogP contribution in [0.2, 0.25) is 0 Å². The van der Waals surface area contributed by atoms with E-state index < -0.39 is 0 Å². The highest BCUT2D eigenvalue weighted by Gasteiger charge is 2.08. The summed E-state index contributed by atoms with van der Waals surface area (Å²) in [5.41, 5.74) is 2.02. The fourth-order valence-corrected chi connectivity index (χ4v) is 2.65. The Balaban J connectivity index is 1.57. The lowest BCUT2D eigenvalue weighted by atomic mass is 10.1. The Labute approximate surface area is 138 Å². The molecule has 0 aliphatic rings. The van der Waals surface area contributed by atoms with Crippen LogP contribution in [0.1, 0.15) is 17.5 Å². The average Bonchev–Trinajstić information content (AvgIpc) is 3.06. The highest BCUT2D eigenvalue weighted by atomic mass is 32.1. The third-order valence-electron chi connectivity index (χ3n) is 3.21. The zero-order chi connectivity index (χ0) is 16.5. The van der Waals surface area contributed by atoms with E-state index in [2.05, 4.69) is 5.32 Å². The number of amides is 1. The predicted molar refractivity (Wildman–Crippen MR) is 86.7 cm³/mol. The van der Waals surface area contributed by atoms with Crippen LogP contribution in [0.5, 0.6) is 0 Å². The smallest absolute Gasteiger partial charge is 0.306 e. The molecule has 0 radical (unpaired) electrons. The van der Waals surface area contributed by atoms with E-state index in [1.165, 1.54) is 12.1 Å². The summed E-state index contributed by atoms with van der Waals surface area (Å²) in [5.74, 6) is -1.01. The predicted octanol–water partition coefficient (Wildman–Crippen LogP) is 2.72. The van der Waals surface area contributed by atoms with Crippen molar-refractivity contribution >= 4 is 23.2 Å². The Bertz CT molecular complexity index is 626. The molecular weight excluding hydrogens is 317 g/mol. The third-order valence-corrected chi connectivity index (χ3v) is 3.94. The summed E-state index contributed by atoms with van der Waals surface area (Å²) in [6.45, 7) is 0.142. The SMILES string of the molecule is O=C(COC(=O)CCc1ccsc1)NCCc1ccc(F)cc1. The molecule has 1 heterocycles. The minimum atomic E-state index is -0.384. The van der Waals surface area contributed by atoms with Gasteiger partial charge in [-0.15, -0.1) is 0 Å². The second kappa shape index (κ2) is 9.05. The summed E-state index contributed by atoms with van der Waals surface area (Å²) in [7, 11) is 0. The summed E-state index contributed by atoms with van der Waals surface area (Å²) in [6, 6.07) is 8.07. The monoisotopic (exact) mass is 335 g/mol. The fraction of sp³-hybridized carbons (Fsp3) is 0.294. The lowest BCUT2D eigenvalue weighted by molar-refractivity contribution is -0.148. The molecule has 2 aromatic rings. The molecule has 0 aliphatic heterocycles. The first-order valence-corrected chi connectivity index (χ1v) is 8.25. The molecule has 2 rings (SSSR count). The molecule has 6 heteroatoms. The maximum atomic E-state index is 12.7. The number of thiophene rings is 1. The van der Waals surface area contributed by atoms with Crippen LogP contribution in [-0.2, 0) is 27.2 Å². The first-order valence-electron chi connectivity index (χ1n) is 7.31.